The Kier molecular flexibility index (Phi) is 6.84. The predicted octanol–water partition coefficient (Wildman–Crippen LogP) is 3.97. The molecule has 3 rings (SSSR count). The van der Waals surface area contributed by atoms with E-state index in [1.165, 1.54) is 12.1 Å². The van der Waals surface area contributed by atoms with Crippen molar-refractivity contribution in [1.82, 2.24) is 15.1 Å². The second-order valence-corrected chi connectivity index (χ2v) is 7.33. The van der Waals surface area contributed by atoms with Crippen LogP contribution in [0.5, 0.6) is 0 Å². The highest BCUT2D eigenvalue weighted by atomic mass is 32.2. The van der Waals surface area contributed by atoms with Crippen LogP contribution in [-0.4, -0.2) is 38.9 Å². The summed E-state index contributed by atoms with van der Waals surface area (Å²) in [5.74, 6) is -0.417. The van der Waals surface area contributed by atoms with E-state index in [1.807, 2.05) is 42.8 Å². The Balaban J connectivity index is 1.90. The molecule has 5 nitrogen and oxygen atoms in total. The van der Waals surface area contributed by atoms with Crippen molar-refractivity contribution in [2.75, 3.05) is 12.0 Å². The van der Waals surface area contributed by atoms with E-state index >= 15 is 0 Å². The number of para-hydroxylation sites is 1. The van der Waals surface area contributed by atoms with Gasteiger partial charge in [0.25, 0.3) is 0 Å². The Hall–Kier alpha value is -2.64. The molecule has 1 atom stereocenters. The van der Waals surface area contributed by atoms with Crippen LogP contribution >= 0.6 is 11.8 Å². The molecule has 0 saturated carbocycles. The van der Waals surface area contributed by atoms with Crippen LogP contribution in [0.25, 0.3) is 16.9 Å². The van der Waals surface area contributed by atoms with Crippen molar-refractivity contribution in [2.45, 2.75) is 19.0 Å². The second kappa shape index (κ2) is 9.52. The Bertz CT molecular complexity index is 913. The number of carboxylic acid groups (broad SMARTS) is 1. The van der Waals surface area contributed by atoms with Gasteiger partial charge in [0.05, 0.1) is 11.4 Å². The molecule has 0 saturated heterocycles. The predicted molar refractivity (Wildman–Crippen MR) is 110 cm³/mol. The molecular weight excluding hydrogens is 377 g/mol. The van der Waals surface area contributed by atoms with Crippen molar-refractivity contribution in [3.63, 3.8) is 0 Å². The van der Waals surface area contributed by atoms with E-state index in [0.29, 0.717) is 18.7 Å². The SMILES string of the molecule is CSCC[C@@H](NCc1cn(-c2ccccc2)nc1-c1ccc(F)cc1)C(=O)O. The van der Waals surface area contributed by atoms with Crippen LogP contribution < -0.4 is 5.32 Å². The Morgan fingerprint density at radius 2 is 1.93 bits per heavy atom. The highest BCUT2D eigenvalue weighted by molar-refractivity contribution is 7.98. The van der Waals surface area contributed by atoms with Crippen LogP contribution in [0.3, 0.4) is 0 Å². The van der Waals surface area contributed by atoms with Gasteiger partial charge in [-0.1, -0.05) is 18.2 Å². The molecule has 0 bridgehead atoms. The first kappa shape index (κ1) is 20.1. The molecule has 0 aliphatic rings. The maximum atomic E-state index is 13.3. The van der Waals surface area contributed by atoms with E-state index in [4.69, 9.17) is 0 Å². The summed E-state index contributed by atoms with van der Waals surface area (Å²) in [4.78, 5) is 11.5. The van der Waals surface area contributed by atoms with Gasteiger partial charge in [-0.3, -0.25) is 4.79 Å². The highest BCUT2D eigenvalue weighted by Crippen LogP contribution is 2.24. The van der Waals surface area contributed by atoms with E-state index in [1.54, 1.807) is 28.6 Å². The monoisotopic (exact) mass is 399 g/mol. The minimum atomic E-state index is -0.868. The Morgan fingerprint density at radius 3 is 2.57 bits per heavy atom. The fraction of sp³-hybridized carbons (Fsp3) is 0.238. The molecule has 3 aromatic rings. The molecule has 7 heteroatoms. The number of hydrogen-bond acceptors (Lipinski definition) is 4. The van der Waals surface area contributed by atoms with Gasteiger partial charge in [0, 0.05) is 23.9 Å². The summed E-state index contributed by atoms with van der Waals surface area (Å²) in [6.45, 7) is 0.352. The first-order valence-electron chi connectivity index (χ1n) is 8.93. The highest BCUT2D eigenvalue weighted by Gasteiger charge is 2.19. The number of hydrogen-bond donors (Lipinski definition) is 2. The third-order valence-corrected chi connectivity index (χ3v) is 5.02. The van der Waals surface area contributed by atoms with Crippen LogP contribution in [0.2, 0.25) is 0 Å². The summed E-state index contributed by atoms with van der Waals surface area (Å²) in [5.41, 5.74) is 3.23. The van der Waals surface area contributed by atoms with Gasteiger partial charge in [0.2, 0.25) is 0 Å². The van der Waals surface area contributed by atoms with Crippen molar-refractivity contribution < 1.29 is 14.3 Å². The number of benzene rings is 2. The van der Waals surface area contributed by atoms with E-state index in [-0.39, 0.29) is 5.82 Å². The number of aliphatic carboxylic acids is 1. The Labute approximate surface area is 167 Å². The van der Waals surface area contributed by atoms with E-state index in [0.717, 1.165) is 22.6 Å². The zero-order chi connectivity index (χ0) is 19.9. The average Bonchev–Trinajstić information content (AvgIpc) is 3.13. The van der Waals surface area contributed by atoms with Crippen LogP contribution in [0.4, 0.5) is 4.39 Å². The third-order valence-electron chi connectivity index (χ3n) is 4.38. The molecule has 0 fully saturated rings. The number of nitrogens with one attached hydrogen (secondary N) is 1. The molecular formula is C21H22FN3O2S. The molecule has 0 radical (unpaired) electrons. The van der Waals surface area contributed by atoms with Crippen molar-refractivity contribution >= 4 is 17.7 Å². The minimum absolute atomic E-state index is 0.311. The summed E-state index contributed by atoms with van der Waals surface area (Å²) in [7, 11) is 0. The Morgan fingerprint density at radius 1 is 1.21 bits per heavy atom. The number of rotatable bonds is 9. The summed E-state index contributed by atoms with van der Waals surface area (Å²) in [6.07, 6.45) is 4.37. The van der Waals surface area contributed by atoms with Gasteiger partial charge in [0.15, 0.2) is 0 Å². The number of halogens is 1. The topological polar surface area (TPSA) is 67.2 Å². The fourth-order valence-corrected chi connectivity index (χ4v) is 3.36. The molecule has 1 aromatic heterocycles. The number of thioether (sulfide) groups is 1. The first-order valence-corrected chi connectivity index (χ1v) is 10.3. The third kappa shape index (κ3) is 4.99. The minimum Gasteiger partial charge on any atom is -0.480 e. The van der Waals surface area contributed by atoms with Crippen LogP contribution in [-0.2, 0) is 11.3 Å². The summed E-state index contributed by atoms with van der Waals surface area (Å²) >= 11 is 1.62. The first-order chi connectivity index (χ1) is 13.6. The molecule has 0 spiro atoms. The maximum Gasteiger partial charge on any atom is 0.320 e. The van der Waals surface area contributed by atoms with Gasteiger partial charge in [-0.05, 0) is 54.8 Å². The zero-order valence-electron chi connectivity index (χ0n) is 15.5. The van der Waals surface area contributed by atoms with Crippen molar-refractivity contribution in [2.24, 2.45) is 0 Å². The standard InChI is InChI=1S/C21H22FN3O2S/c1-28-12-11-19(21(26)27)23-13-16-14-25(18-5-3-2-4-6-18)24-20(16)15-7-9-17(22)10-8-15/h2-10,14,19,23H,11-13H2,1H3,(H,26,27)/t19-/m1/s1. The molecule has 0 aliphatic heterocycles. The van der Waals surface area contributed by atoms with Crippen molar-refractivity contribution in [3.05, 3.63) is 72.2 Å². The molecule has 2 aromatic carbocycles. The lowest BCUT2D eigenvalue weighted by Crippen LogP contribution is -2.36. The van der Waals surface area contributed by atoms with Gasteiger partial charge in [0.1, 0.15) is 11.9 Å². The van der Waals surface area contributed by atoms with Crippen LogP contribution in [0.1, 0.15) is 12.0 Å². The van der Waals surface area contributed by atoms with E-state index in [9.17, 15) is 14.3 Å². The summed E-state index contributed by atoms with van der Waals surface area (Å²) in [5, 5.41) is 17.2. The molecule has 146 valence electrons. The molecule has 0 amide bonds. The molecule has 0 unspecified atom stereocenters. The van der Waals surface area contributed by atoms with E-state index in [2.05, 4.69) is 10.4 Å². The number of aromatic nitrogens is 2. The van der Waals surface area contributed by atoms with Gasteiger partial charge in [-0.15, -0.1) is 0 Å². The van der Waals surface area contributed by atoms with Crippen molar-refractivity contribution in [1.29, 1.82) is 0 Å². The van der Waals surface area contributed by atoms with Gasteiger partial charge in [-0.25, -0.2) is 9.07 Å². The lowest BCUT2D eigenvalue weighted by atomic mass is 10.1. The van der Waals surface area contributed by atoms with Crippen LogP contribution in [0.15, 0.2) is 60.8 Å². The number of carbonyl (C=O) groups is 1. The number of nitrogens with zero attached hydrogens (tertiary/aromatic N) is 2. The quantitative estimate of drug-likeness (QED) is 0.570. The lowest BCUT2D eigenvalue weighted by molar-refractivity contribution is -0.139. The summed E-state index contributed by atoms with van der Waals surface area (Å²) in [6, 6.07) is 15.2. The smallest absolute Gasteiger partial charge is 0.320 e. The summed E-state index contributed by atoms with van der Waals surface area (Å²) < 4.78 is 15.1. The molecule has 28 heavy (non-hydrogen) atoms. The average molecular weight is 399 g/mol. The van der Waals surface area contributed by atoms with Crippen LogP contribution in [0, 0.1) is 5.82 Å². The van der Waals surface area contributed by atoms with Crippen molar-refractivity contribution in [3.8, 4) is 16.9 Å². The second-order valence-electron chi connectivity index (χ2n) is 6.34. The van der Waals surface area contributed by atoms with Gasteiger partial charge < -0.3 is 10.4 Å². The lowest BCUT2D eigenvalue weighted by Gasteiger charge is -2.13. The maximum absolute atomic E-state index is 13.3. The molecule has 2 N–H and O–H groups in total. The molecule has 1 heterocycles. The largest absolute Gasteiger partial charge is 0.480 e. The molecule has 0 aliphatic carbocycles. The number of carboxylic acids is 1. The van der Waals surface area contributed by atoms with Gasteiger partial charge >= 0.3 is 5.97 Å². The fourth-order valence-electron chi connectivity index (χ4n) is 2.88. The van der Waals surface area contributed by atoms with Gasteiger partial charge in [-0.2, -0.15) is 16.9 Å². The normalized spacial score (nSPS) is 12.1. The van der Waals surface area contributed by atoms with E-state index < -0.39 is 12.0 Å². The zero-order valence-corrected chi connectivity index (χ0v) is 16.3.